The first kappa shape index (κ1) is 24.3. The first-order valence-electron chi connectivity index (χ1n) is 7.88. The molecule has 0 fully saturated rings. The van der Waals surface area contributed by atoms with E-state index in [0.29, 0.717) is 0 Å². The zero-order chi connectivity index (χ0) is 24.1. The molecule has 0 aliphatic carbocycles. The summed E-state index contributed by atoms with van der Waals surface area (Å²) in [5.74, 6) is -2.40. The summed E-state index contributed by atoms with van der Waals surface area (Å²) < 4.78 is 98.8. The van der Waals surface area contributed by atoms with Crippen LogP contribution in [0.4, 0.5) is 25.1 Å². The third kappa shape index (κ3) is 5.41. The van der Waals surface area contributed by atoms with Gasteiger partial charge in [-0.3, -0.25) is 10.1 Å². The minimum absolute atomic E-state index is 0.111. The van der Waals surface area contributed by atoms with E-state index in [9.17, 15) is 42.8 Å². The zero-order valence-corrected chi connectivity index (χ0v) is 17.5. The molecule has 2 aromatic carbocycles. The number of carbonyl (C=O) groups is 1. The second-order valence-electron chi connectivity index (χ2n) is 6.34. The summed E-state index contributed by atoms with van der Waals surface area (Å²) >= 11 is 0. The maximum absolute atomic E-state index is 13.0. The fraction of sp³-hybridized carbons (Fsp3) is 0.188. The number of rotatable bonds is 6. The Morgan fingerprint density at radius 1 is 1.06 bits per heavy atom. The van der Waals surface area contributed by atoms with Crippen LogP contribution < -0.4 is 4.74 Å². The molecule has 0 aromatic heterocycles. The minimum Gasteiger partial charge on any atom is -0.465 e. The van der Waals surface area contributed by atoms with E-state index in [2.05, 4.69) is 4.74 Å². The van der Waals surface area contributed by atoms with Crippen LogP contribution in [0, 0.1) is 17.0 Å². The van der Waals surface area contributed by atoms with Gasteiger partial charge in [0.1, 0.15) is 15.5 Å². The molecule has 2 aromatic rings. The average Bonchev–Trinajstić information content (AvgIpc) is 2.58. The van der Waals surface area contributed by atoms with Gasteiger partial charge >= 0.3 is 21.9 Å². The number of nitro benzene ring substituents is 1. The number of methoxy groups -OCH3 is 1. The van der Waals surface area contributed by atoms with Gasteiger partial charge in [0.25, 0.3) is 0 Å². The molecule has 0 aliphatic rings. The number of benzene rings is 2. The Kier molecular flexibility index (Phi) is 5.32. The van der Waals surface area contributed by atoms with E-state index in [-0.39, 0.29) is 23.3 Å². The van der Waals surface area contributed by atoms with Crippen LogP contribution in [0.15, 0.2) is 40.1 Å². The zero-order valence-electron chi connectivity index (χ0n) is 15.9. The monoisotopic (exact) mass is 491 g/mol. The van der Waals surface area contributed by atoms with Gasteiger partial charge in [0.15, 0.2) is 9.84 Å². The number of sulfone groups is 1. The number of hydrogen-bond acceptors (Lipinski definition) is 7. The van der Waals surface area contributed by atoms with Gasteiger partial charge in [-0.05, 0) is 36.8 Å². The Morgan fingerprint density at radius 3 is 2.10 bits per heavy atom. The van der Waals surface area contributed by atoms with Crippen molar-refractivity contribution in [2.45, 2.75) is 16.7 Å². The van der Waals surface area contributed by atoms with Gasteiger partial charge < -0.3 is 9.47 Å². The van der Waals surface area contributed by atoms with E-state index in [1.165, 1.54) is 6.92 Å². The number of hydrogen-bond donors (Lipinski definition) is 0. The Hall–Kier alpha value is -2.94. The highest BCUT2D eigenvalue weighted by atomic mass is 32.5. The number of aryl methyl sites for hydroxylation is 1. The molecule has 0 unspecified atom stereocenters. The quantitative estimate of drug-likeness (QED) is 0.226. The van der Waals surface area contributed by atoms with Gasteiger partial charge in [-0.1, -0.05) is 19.4 Å². The molecule has 8 nitrogen and oxygen atoms in total. The summed E-state index contributed by atoms with van der Waals surface area (Å²) in [6.07, 6.45) is 0.719. The molecule has 0 atom stereocenters. The number of carbonyl (C=O) groups excluding carboxylic acids is 1. The molecule has 0 N–H and O–H groups in total. The Morgan fingerprint density at radius 2 is 1.65 bits per heavy atom. The fourth-order valence-electron chi connectivity index (χ4n) is 2.45. The molecule has 0 aliphatic heterocycles. The van der Waals surface area contributed by atoms with E-state index in [1.807, 2.05) is 0 Å². The van der Waals surface area contributed by atoms with Gasteiger partial charge in [0.05, 0.1) is 17.6 Å². The molecule has 0 heterocycles. The van der Waals surface area contributed by atoms with E-state index in [1.54, 1.807) is 0 Å². The second-order valence-corrected chi connectivity index (χ2v) is 10.7. The molecule has 0 spiro atoms. The van der Waals surface area contributed by atoms with Crippen molar-refractivity contribution in [3.05, 3.63) is 51.6 Å². The predicted molar refractivity (Wildman–Crippen MR) is 100 cm³/mol. The molecular formula is C16H14F5NO7S2. The van der Waals surface area contributed by atoms with Crippen LogP contribution in [0.25, 0.3) is 0 Å². The summed E-state index contributed by atoms with van der Waals surface area (Å²) in [5, 5.41) is 11.2. The summed E-state index contributed by atoms with van der Waals surface area (Å²) in [6.45, 7) is 1.34. The van der Waals surface area contributed by atoms with Gasteiger partial charge in [-0.25, -0.2) is 13.2 Å². The lowest BCUT2D eigenvalue weighted by Gasteiger charge is -2.40. The highest BCUT2D eigenvalue weighted by Crippen LogP contribution is 3.02. The summed E-state index contributed by atoms with van der Waals surface area (Å²) in [6, 6.07) is 1.62. The maximum Gasteiger partial charge on any atom is 0.338 e. The van der Waals surface area contributed by atoms with Crippen LogP contribution >= 0.6 is 10.2 Å². The minimum atomic E-state index is -10.2. The lowest BCUT2D eigenvalue weighted by Crippen LogP contribution is -2.09. The lowest BCUT2D eigenvalue weighted by atomic mass is 10.1. The van der Waals surface area contributed by atoms with Crippen LogP contribution in [-0.4, -0.2) is 32.7 Å². The second kappa shape index (κ2) is 6.78. The lowest BCUT2D eigenvalue weighted by molar-refractivity contribution is -0.385. The number of nitro groups is 1. The summed E-state index contributed by atoms with van der Waals surface area (Å²) in [7, 11) is -13.3. The SMILES string of the molecule is COC(=O)c1cc(S(C)(=O)=O)c(Oc2ccc(S(F)(F)(F)(F)F)cc2[N+](=O)[O-])cc1C. The number of ether oxygens (including phenoxy) is 2. The van der Waals surface area contributed by atoms with Crippen molar-refractivity contribution in [1.29, 1.82) is 0 Å². The van der Waals surface area contributed by atoms with E-state index < -0.39 is 64.0 Å². The van der Waals surface area contributed by atoms with Crippen molar-refractivity contribution < 1.29 is 47.0 Å². The van der Waals surface area contributed by atoms with Crippen LogP contribution in [0.3, 0.4) is 0 Å². The van der Waals surface area contributed by atoms with Crippen molar-refractivity contribution in [3.63, 3.8) is 0 Å². The molecule has 0 bridgehead atoms. The third-order valence-electron chi connectivity index (χ3n) is 3.89. The molecule has 15 heteroatoms. The van der Waals surface area contributed by atoms with Crippen LogP contribution in [0.5, 0.6) is 11.5 Å². The Bertz CT molecular complexity index is 1210. The smallest absolute Gasteiger partial charge is 0.338 e. The van der Waals surface area contributed by atoms with Crippen molar-refractivity contribution in [2.24, 2.45) is 0 Å². The fourth-order valence-corrected chi connectivity index (χ4v) is 3.90. The van der Waals surface area contributed by atoms with Crippen molar-refractivity contribution in [3.8, 4) is 11.5 Å². The average molecular weight is 491 g/mol. The van der Waals surface area contributed by atoms with Crippen LogP contribution in [0.2, 0.25) is 0 Å². The summed E-state index contributed by atoms with van der Waals surface area (Å²) in [4.78, 5) is 18.4. The Labute approximate surface area is 172 Å². The van der Waals surface area contributed by atoms with Crippen molar-refractivity contribution in [2.75, 3.05) is 13.4 Å². The first-order valence-corrected chi connectivity index (χ1v) is 11.7. The highest BCUT2D eigenvalue weighted by molar-refractivity contribution is 8.45. The van der Waals surface area contributed by atoms with Crippen LogP contribution in [0.1, 0.15) is 15.9 Å². The molecule has 172 valence electrons. The molecule has 2 rings (SSSR count). The van der Waals surface area contributed by atoms with Gasteiger partial charge in [0, 0.05) is 12.3 Å². The maximum atomic E-state index is 13.0. The first-order chi connectivity index (χ1) is 13.7. The largest absolute Gasteiger partial charge is 0.465 e. The molecule has 0 saturated heterocycles. The topological polar surface area (TPSA) is 113 Å². The van der Waals surface area contributed by atoms with E-state index >= 15 is 0 Å². The summed E-state index contributed by atoms with van der Waals surface area (Å²) in [5.41, 5.74) is -1.54. The number of esters is 1. The van der Waals surface area contributed by atoms with Gasteiger partial charge in [0.2, 0.25) is 5.75 Å². The molecule has 0 amide bonds. The van der Waals surface area contributed by atoms with E-state index in [4.69, 9.17) is 4.74 Å². The van der Waals surface area contributed by atoms with Gasteiger partial charge in [-0.15, -0.1) is 0 Å². The molecule has 0 saturated carbocycles. The normalized spacial score (nSPS) is 14.3. The highest BCUT2D eigenvalue weighted by Gasteiger charge is 2.66. The molecule has 31 heavy (non-hydrogen) atoms. The van der Waals surface area contributed by atoms with Crippen molar-refractivity contribution in [1.82, 2.24) is 0 Å². The van der Waals surface area contributed by atoms with Gasteiger partial charge in [-0.2, -0.15) is 0 Å². The van der Waals surface area contributed by atoms with Crippen LogP contribution in [-0.2, 0) is 14.6 Å². The third-order valence-corrected chi connectivity index (χ3v) is 6.15. The Balaban J connectivity index is 2.73. The standard InChI is InChI=1S/C16H14F5NO7S2/c1-9-6-14(15(30(3,26)27)8-11(9)16(23)28-2)29-13-5-4-10(7-12(13)22(24)25)31(17,18,19,20)21/h4-8H,1-3H3. The molecule has 0 radical (unpaired) electrons. The predicted octanol–water partition coefficient (Wildman–Crippen LogP) is 5.54. The van der Waals surface area contributed by atoms with E-state index in [0.717, 1.165) is 25.5 Å². The number of nitrogens with zero attached hydrogens (tertiary/aromatic N) is 1. The molecular weight excluding hydrogens is 477 g/mol. The number of halogens is 5. The van der Waals surface area contributed by atoms with Crippen molar-refractivity contribution >= 4 is 31.7 Å².